The van der Waals surface area contributed by atoms with Gasteiger partial charge in [-0.15, -0.1) is 0 Å². The van der Waals surface area contributed by atoms with Gasteiger partial charge >= 0.3 is 0 Å². The van der Waals surface area contributed by atoms with Crippen LogP contribution in [0.15, 0.2) is 77.3 Å². The van der Waals surface area contributed by atoms with Crippen molar-refractivity contribution in [3.8, 4) is 11.5 Å². The predicted octanol–water partition coefficient (Wildman–Crippen LogP) is 5.77. The van der Waals surface area contributed by atoms with Gasteiger partial charge in [-0.2, -0.15) is 0 Å². The molecule has 0 aliphatic heterocycles. The molecular formula is C28H27N3O5. The first-order chi connectivity index (χ1) is 17.4. The second kappa shape index (κ2) is 11.2. The van der Waals surface area contributed by atoms with Gasteiger partial charge in [0.2, 0.25) is 0 Å². The van der Waals surface area contributed by atoms with Gasteiger partial charge in [-0.1, -0.05) is 11.2 Å². The van der Waals surface area contributed by atoms with E-state index in [0.29, 0.717) is 47.2 Å². The van der Waals surface area contributed by atoms with Crippen molar-refractivity contribution in [2.24, 2.45) is 0 Å². The number of hydrogen-bond acceptors (Lipinski definition) is 6. The van der Waals surface area contributed by atoms with Gasteiger partial charge in [-0.3, -0.25) is 9.59 Å². The summed E-state index contributed by atoms with van der Waals surface area (Å²) in [6, 6.07) is 20.8. The molecule has 0 fully saturated rings. The fourth-order valence-corrected chi connectivity index (χ4v) is 3.50. The monoisotopic (exact) mass is 485 g/mol. The Morgan fingerprint density at radius 1 is 0.806 bits per heavy atom. The highest BCUT2D eigenvalue weighted by atomic mass is 16.5. The standard InChI is InChI=1S/C28H27N3O5/c1-4-34-24-14-12-23(13-15-24)29-27(32)20-8-10-22(11-9-20)30-28(33)21-6-5-7-25(16-21)35-17-26-18(2)31-36-19(26)3/h5-16H,4,17H2,1-3H3,(H,29,32)(H,30,33). The normalized spacial score (nSPS) is 10.5. The zero-order valence-corrected chi connectivity index (χ0v) is 20.3. The number of carbonyl (C=O) groups excluding carboxylic acids is 2. The number of nitrogens with zero attached hydrogens (tertiary/aromatic N) is 1. The Bertz CT molecular complexity index is 1330. The maximum absolute atomic E-state index is 12.8. The van der Waals surface area contributed by atoms with Gasteiger partial charge in [0.05, 0.1) is 17.9 Å². The summed E-state index contributed by atoms with van der Waals surface area (Å²) >= 11 is 0. The molecule has 3 aromatic carbocycles. The second-order valence-electron chi connectivity index (χ2n) is 8.06. The molecule has 0 aliphatic rings. The lowest BCUT2D eigenvalue weighted by atomic mass is 10.1. The summed E-state index contributed by atoms with van der Waals surface area (Å²) in [5, 5.41) is 9.60. The Hall–Kier alpha value is -4.59. The first-order valence-corrected chi connectivity index (χ1v) is 11.5. The summed E-state index contributed by atoms with van der Waals surface area (Å²) in [7, 11) is 0. The highest BCUT2D eigenvalue weighted by Crippen LogP contribution is 2.20. The number of carbonyl (C=O) groups is 2. The van der Waals surface area contributed by atoms with Crippen LogP contribution in [0, 0.1) is 13.8 Å². The number of rotatable bonds is 9. The van der Waals surface area contributed by atoms with Gasteiger partial charge in [0, 0.05) is 22.5 Å². The molecule has 36 heavy (non-hydrogen) atoms. The molecule has 1 aromatic heterocycles. The lowest BCUT2D eigenvalue weighted by Gasteiger charge is -2.10. The van der Waals surface area contributed by atoms with Crippen LogP contribution >= 0.6 is 0 Å². The van der Waals surface area contributed by atoms with Crippen molar-refractivity contribution in [3.05, 3.63) is 101 Å². The van der Waals surface area contributed by atoms with Crippen molar-refractivity contribution in [3.63, 3.8) is 0 Å². The molecule has 0 spiro atoms. The molecule has 8 nitrogen and oxygen atoms in total. The number of benzene rings is 3. The lowest BCUT2D eigenvalue weighted by molar-refractivity contribution is 0.101. The van der Waals surface area contributed by atoms with Crippen molar-refractivity contribution in [2.75, 3.05) is 17.2 Å². The van der Waals surface area contributed by atoms with E-state index < -0.39 is 0 Å². The average Bonchev–Trinajstić information content (AvgIpc) is 3.21. The number of anilines is 2. The average molecular weight is 486 g/mol. The van der Waals surface area contributed by atoms with Crippen LogP contribution in [-0.4, -0.2) is 23.6 Å². The molecule has 0 radical (unpaired) electrons. The Labute approximate surface area is 209 Å². The molecule has 2 amide bonds. The molecule has 0 bridgehead atoms. The van der Waals surface area contributed by atoms with Crippen LogP contribution in [0.2, 0.25) is 0 Å². The van der Waals surface area contributed by atoms with E-state index in [1.54, 1.807) is 72.8 Å². The van der Waals surface area contributed by atoms with Crippen LogP contribution in [0.3, 0.4) is 0 Å². The Morgan fingerprint density at radius 3 is 2.06 bits per heavy atom. The van der Waals surface area contributed by atoms with Crippen LogP contribution in [-0.2, 0) is 6.61 Å². The first-order valence-electron chi connectivity index (χ1n) is 11.5. The number of aryl methyl sites for hydroxylation is 2. The molecule has 8 heteroatoms. The zero-order chi connectivity index (χ0) is 25.5. The Morgan fingerprint density at radius 2 is 1.44 bits per heavy atom. The molecule has 0 saturated carbocycles. The van der Waals surface area contributed by atoms with E-state index in [2.05, 4.69) is 15.8 Å². The van der Waals surface area contributed by atoms with Gasteiger partial charge in [-0.05, 0) is 87.5 Å². The number of amides is 2. The third-order valence-corrected chi connectivity index (χ3v) is 5.49. The number of nitrogens with one attached hydrogen (secondary N) is 2. The van der Waals surface area contributed by atoms with Crippen LogP contribution in [0.1, 0.15) is 44.7 Å². The highest BCUT2D eigenvalue weighted by Gasteiger charge is 2.12. The minimum absolute atomic E-state index is 0.250. The van der Waals surface area contributed by atoms with Crippen LogP contribution in [0.4, 0.5) is 11.4 Å². The molecular weight excluding hydrogens is 458 g/mol. The molecule has 0 saturated heterocycles. The maximum Gasteiger partial charge on any atom is 0.255 e. The van der Waals surface area contributed by atoms with E-state index in [0.717, 1.165) is 17.0 Å². The van der Waals surface area contributed by atoms with Crippen molar-refractivity contribution in [1.82, 2.24) is 5.16 Å². The third kappa shape index (κ3) is 6.09. The number of ether oxygens (including phenoxy) is 2. The van der Waals surface area contributed by atoms with Gasteiger partial charge in [0.15, 0.2) is 0 Å². The summed E-state index contributed by atoms with van der Waals surface area (Å²) in [5.74, 6) is 1.47. The SMILES string of the molecule is CCOc1ccc(NC(=O)c2ccc(NC(=O)c3cccc(OCc4c(C)noc4C)c3)cc2)cc1. The summed E-state index contributed by atoms with van der Waals surface area (Å²) in [5.41, 5.74) is 3.81. The third-order valence-electron chi connectivity index (χ3n) is 5.49. The van der Waals surface area contributed by atoms with Crippen LogP contribution in [0.5, 0.6) is 11.5 Å². The molecule has 4 aromatic rings. The first kappa shape index (κ1) is 24.5. The van der Waals surface area contributed by atoms with E-state index in [1.807, 2.05) is 20.8 Å². The summed E-state index contributed by atoms with van der Waals surface area (Å²) < 4.78 is 16.4. The zero-order valence-electron chi connectivity index (χ0n) is 20.3. The van der Waals surface area contributed by atoms with E-state index in [-0.39, 0.29) is 11.8 Å². The van der Waals surface area contributed by atoms with E-state index in [4.69, 9.17) is 14.0 Å². The van der Waals surface area contributed by atoms with Gasteiger partial charge < -0.3 is 24.6 Å². The predicted molar refractivity (Wildman–Crippen MR) is 137 cm³/mol. The number of hydrogen-bond donors (Lipinski definition) is 2. The molecule has 2 N–H and O–H groups in total. The summed E-state index contributed by atoms with van der Waals surface area (Å²) in [6.45, 7) is 6.48. The van der Waals surface area contributed by atoms with Gasteiger partial charge in [0.25, 0.3) is 11.8 Å². The highest BCUT2D eigenvalue weighted by molar-refractivity contribution is 6.06. The second-order valence-corrected chi connectivity index (χ2v) is 8.06. The van der Waals surface area contributed by atoms with Crippen molar-refractivity contribution >= 4 is 23.2 Å². The Kier molecular flexibility index (Phi) is 7.65. The molecule has 0 aliphatic carbocycles. The van der Waals surface area contributed by atoms with E-state index >= 15 is 0 Å². The van der Waals surface area contributed by atoms with Gasteiger partial charge in [0.1, 0.15) is 23.9 Å². The molecule has 0 unspecified atom stereocenters. The Balaban J connectivity index is 1.34. The minimum Gasteiger partial charge on any atom is -0.494 e. The fraction of sp³-hybridized carbons (Fsp3) is 0.179. The quantitative estimate of drug-likeness (QED) is 0.312. The molecule has 4 rings (SSSR count). The maximum atomic E-state index is 12.8. The topological polar surface area (TPSA) is 103 Å². The van der Waals surface area contributed by atoms with E-state index in [9.17, 15) is 9.59 Å². The van der Waals surface area contributed by atoms with Crippen molar-refractivity contribution in [1.29, 1.82) is 0 Å². The van der Waals surface area contributed by atoms with Crippen LogP contribution < -0.4 is 20.1 Å². The minimum atomic E-state index is -0.288. The molecule has 184 valence electrons. The molecule has 1 heterocycles. The largest absolute Gasteiger partial charge is 0.494 e. The van der Waals surface area contributed by atoms with E-state index in [1.165, 1.54) is 0 Å². The summed E-state index contributed by atoms with van der Waals surface area (Å²) in [4.78, 5) is 25.3. The van der Waals surface area contributed by atoms with Crippen molar-refractivity contribution in [2.45, 2.75) is 27.4 Å². The summed E-state index contributed by atoms with van der Waals surface area (Å²) in [6.07, 6.45) is 0. The molecule has 0 atom stereocenters. The van der Waals surface area contributed by atoms with Crippen LogP contribution in [0.25, 0.3) is 0 Å². The number of aromatic nitrogens is 1. The fourth-order valence-electron chi connectivity index (χ4n) is 3.50. The lowest BCUT2D eigenvalue weighted by Crippen LogP contribution is -2.14. The van der Waals surface area contributed by atoms with Gasteiger partial charge in [-0.25, -0.2) is 0 Å². The smallest absolute Gasteiger partial charge is 0.255 e. The van der Waals surface area contributed by atoms with Crippen molar-refractivity contribution < 1.29 is 23.6 Å².